The van der Waals surface area contributed by atoms with Gasteiger partial charge in [-0.1, -0.05) is 17.7 Å². The van der Waals surface area contributed by atoms with Gasteiger partial charge in [0, 0.05) is 31.3 Å². The number of aromatic nitrogens is 2. The molecule has 0 bridgehead atoms. The predicted octanol–water partition coefficient (Wildman–Crippen LogP) is 3.79. The highest BCUT2D eigenvalue weighted by molar-refractivity contribution is 5.69. The fourth-order valence-corrected chi connectivity index (χ4v) is 4.86. The number of ether oxygens (including phenoxy) is 2. The largest absolute Gasteiger partial charge is 0.493 e. The second-order valence-electron chi connectivity index (χ2n) is 8.82. The number of hydrogen-bond acceptors (Lipinski definition) is 5. The van der Waals surface area contributed by atoms with Gasteiger partial charge in [0.15, 0.2) is 11.5 Å². The number of fused-ring (bicyclic) bond motifs is 3. The summed E-state index contributed by atoms with van der Waals surface area (Å²) in [5.74, 6) is 1.38. The molecule has 1 aliphatic heterocycles. The highest BCUT2D eigenvalue weighted by atomic mass is 16.5. The summed E-state index contributed by atoms with van der Waals surface area (Å²) < 4.78 is 15.0. The van der Waals surface area contributed by atoms with Crippen LogP contribution >= 0.6 is 0 Å². The van der Waals surface area contributed by atoms with Crippen LogP contribution in [0.5, 0.6) is 11.5 Å². The van der Waals surface area contributed by atoms with Gasteiger partial charge in [0.05, 0.1) is 25.1 Å². The van der Waals surface area contributed by atoms with Gasteiger partial charge in [-0.05, 0) is 69.4 Å². The Bertz CT molecular complexity index is 1330. The first-order valence-electron chi connectivity index (χ1n) is 11.9. The molecule has 0 saturated heterocycles. The van der Waals surface area contributed by atoms with Crippen molar-refractivity contribution in [3.8, 4) is 22.8 Å². The van der Waals surface area contributed by atoms with E-state index in [1.807, 2.05) is 29.7 Å². The van der Waals surface area contributed by atoms with Crippen LogP contribution in [0.1, 0.15) is 35.6 Å². The van der Waals surface area contributed by atoms with E-state index in [-0.39, 0.29) is 5.69 Å². The molecule has 0 saturated carbocycles. The summed E-state index contributed by atoms with van der Waals surface area (Å²) in [6.45, 7) is 10.1. The maximum atomic E-state index is 13.7. The van der Waals surface area contributed by atoms with Gasteiger partial charge in [0.1, 0.15) is 5.49 Å². The predicted molar refractivity (Wildman–Crippen MR) is 135 cm³/mol. The number of methoxy groups -OCH3 is 1. The molecule has 0 amide bonds. The molecule has 7 heteroatoms. The fourth-order valence-electron chi connectivity index (χ4n) is 4.86. The minimum Gasteiger partial charge on any atom is -0.493 e. The Hall–Kier alpha value is -3.32. The average Bonchev–Trinajstić information content (AvgIpc) is 2.97. The average molecular weight is 463 g/mol. The second kappa shape index (κ2) is 9.89. The van der Waals surface area contributed by atoms with Crippen molar-refractivity contribution >= 4 is 5.69 Å². The first-order valence-corrected chi connectivity index (χ1v) is 11.9. The molecular formula is C27H34N4O3. The Morgan fingerprint density at radius 3 is 2.44 bits per heavy atom. The van der Waals surface area contributed by atoms with Crippen LogP contribution in [0.2, 0.25) is 0 Å². The topological polar surface area (TPSA) is 83.8 Å². The van der Waals surface area contributed by atoms with Gasteiger partial charge in [-0.2, -0.15) is 0 Å². The molecule has 180 valence electrons. The lowest BCUT2D eigenvalue weighted by Crippen LogP contribution is -2.42. The van der Waals surface area contributed by atoms with Crippen LogP contribution in [-0.2, 0) is 19.5 Å². The molecule has 3 aromatic rings. The zero-order valence-electron chi connectivity index (χ0n) is 20.8. The molecule has 4 rings (SSSR count). The molecule has 7 nitrogen and oxygen atoms in total. The maximum Gasteiger partial charge on any atom is 0.330 e. The highest BCUT2D eigenvalue weighted by Crippen LogP contribution is 2.37. The molecule has 1 aliphatic rings. The zero-order chi connectivity index (χ0) is 24.4. The van der Waals surface area contributed by atoms with Crippen LogP contribution < -0.4 is 26.4 Å². The van der Waals surface area contributed by atoms with E-state index in [0.717, 1.165) is 52.2 Å². The molecule has 2 heterocycles. The lowest BCUT2D eigenvalue weighted by Gasteiger charge is -2.18. The number of nitrogens with zero attached hydrogens (tertiary/aromatic N) is 3. The third-order valence-electron chi connectivity index (χ3n) is 6.30. The van der Waals surface area contributed by atoms with E-state index in [4.69, 9.17) is 20.2 Å². The van der Waals surface area contributed by atoms with Crippen molar-refractivity contribution in [2.24, 2.45) is 10.7 Å². The normalized spacial score (nSPS) is 13.3. The quantitative estimate of drug-likeness (QED) is 0.604. The third kappa shape index (κ3) is 4.40. The number of aryl methyl sites for hydroxylation is 4. The van der Waals surface area contributed by atoms with Crippen LogP contribution in [-0.4, -0.2) is 29.4 Å². The first-order chi connectivity index (χ1) is 16.4. The number of rotatable bonds is 6. The lowest BCUT2D eigenvalue weighted by molar-refractivity contribution is 0.310. The van der Waals surface area contributed by atoms with Gasteiger partial charge in [-0.3, -0.25) is 9.13 Å². The molecule has 0 aliphatic carbocycles. The second-order valence-corrected chi connectivity index (χ2v) is 8.82. The maximum absolute atomic E-state index is 13.7. The van der Waals surface area contributed by atoms with E-state index in [1.54, 1.807) is 11.7 Å². The van der Waals surface area contributed by atoms with Crippen molar-refractivity contribution in [3.05, 3.63) is 68.6 Å². The van der Waals surface area contributed by atoms with Crippen LogP contribution in [0.3, 0.4) is 0 Å². The Labute approximate surface area is 200 Å². The van der Waals surface area contributed by atoms with Gasteiger partial charge in [-0.15, -0.1) is 0 Å². The van der Waals surface area contributed by atoms with E-state index in [0.29, 0.717) is 37.5 Å². The Balaban J connectivity index is 2.03. The van der Waals surface area contributed by atoms with E-state index < -0.39 is 0 Å². The third-order valence-corrected chi connectivity index (χ3v) is 6.30. The molecular weight excluding hydrogens is 428 g/mol. The smallest absolute Gasteiger partial charge is 0.330 e. The van der Waals surface area contributed by atoms with Gasteiger partial charge < -0.3 is 15.2 Å². The Morgan fingerprint density at radius 2 is 1.79 bits per heavy atom. The van der Waals surface area contributed by atoms with Gasteiger partial charge in [0.25, 0.3) is 0 Å². The van der Waals surface area contributed by atoms with Crippen molar-refractivity contribution in [1.29, 1.82) is 0 Å². The number of benzene rings is 2. The molecule has 2 aromatic carbocycles. The molecule has 0 fully saturated rings. The molecule has 0 radical (unpaired) electrons. The van der Waals surface area contributed by atoms with Gasteiger partial charge in [-0.25, -0.2) is 9.79 Å². The van der Waals surface area contributed by atoms with E-state index in [1.165, 1.54) is 5.56 Å². The lowest BCUT2D eigenvalue weighted by atomic mass is 10.0. The zero-order valence-corrected chi connectivity index (χ0v) is 20.8. The molecule has 0 atom stereocenters. The minimum atomic E-state index is -0.0928. The van der Waals surface area contributed by atoms with E-state index in [9.17, 15) is 4.79 Å². The van der Waals surface area contributed by atoms with E-state index in [2.05, 4.69) is 32.9 Å². The Kier molecular flexibility index (Phi) is 6.93. The Morgan fingerprint density at radius 1 is 1.06 bits per heavy atom. The van der Waals surface area contributed by atoms with Crippen molar-refractivity contribution in [2.75, 3.05) is 20.3 Å². The van der Waals surface area contributed by atoms with Gasteiger partial charge in [0.2, 0.25) is 0 Å². The number of hydrogen-bond donors (Lipinski definition) is 1. The highest BCUT2D eigenvalue weighted by Gasteiger charge is 2.21. The van der Waals surface area contributed by atoms with Crippen LogP contribution in [0.4, 0.5) is 5.69 Å². The monoisotopic (exact) mass is 462 g/mol. The summed E-state index contributed by atoms with van der Waals surface area (Å²) in [6.07, 6.45) is 1.70. The molecule has 0 spiro atoms. The van der Waals surface area contributed by atoms with Crippen molar-refractivity contribution in [3.63, 3.8) is 0 Å². The summed E-state index contributed by atoms with van der Waals surface area (Å²) in [7, 11) is 1.64. The fraction of sp³-hybridized carbons (Fsp3) is 0.407. The molecule has 1 aromatic heterocycles. The van der Waals surface area contributed by atoms with Crippen LogP contribution in [0, 0.1) is 20.8 Å². The van der Waals surface area contributed by atoms with Crippen LogP contribution in [0.25, 0.3) is 11.3 Å². The SMILES string of the molecule is CCOc1cc2c(cc1OC)-c1cc(=Nc3c(C)cc(C)cc3C)n(CCN)c(=O)n1CCC2. The number of nitrogens with two attached hydrogens (primary N) is 1. The summed E-state index contributed by atoms with van der Waals surface area (Å²) >= 11 is 0. The van der Waals surface area contributed by atoms with Crippen LogP contribution in [0.15, 0.2) is 40.1 Å². The van der Waals surface area contributed by atoms with Gasteiger partial charge >= 0.3 is 5.69 Å². The first kappa shape index (κ1) is 23.8. The summed E-state index contributed by atoms with van der Waals surface area (Å²) in [6, 6.07) is 10.3. The molecule has 0 unspecified atom stereocenters. The molecule has 34 heavy (non-hydrogen) atoms. The molecule has 2 N–H and O–H groups in total. The van der Waals surface area contributed by atoms with Crippen molar-refractivity contribution < 1.29 is 9.47 Å². The van der Waals surface area contributed by atoms with Crippen molar-refractivity contribution in [1.82, 2.24) is 9.13 Å². The summed E-state index contributed by atoms with van der Waals surface area (Å²) in [5.41, 5.74) is 13.6. The van der Waals surface area contributed by atoms with Crippen molar-refractivity contribution in [2.45, 2.75) is 53.6 Å². The standard InChI is InChI=1S/C27H34N4O3/c1-6-34-24-14-20-8-7-10-30-22(21(20)15-23(24)33-5)16-25(31(11-9-28)27(30)32)29-26-18(3)12-17(2)13-19(26)4/h12-16H,6-11,28H2,1-5H3. The summed E-state index contributed by atoms with van der Waals surface area (Å²) in [5, 5.41) is 0. The minimum absolute atomic E-state index is 0.0928. The summed E-state index contributed by atoms with van der Waals surface area (Å²) in [4.78, 5) is 18.7. The van der Waals surface area contributed by atoms with E-state index >= 15 is 0 Å².